The van der Waals surface area contributed by atoms with Gasteiger partial charge < -0.3 is 20.4 Å². The van der Waals surface area contributed by atoms with Crippen LogP contribution in [0.5, 0.6) is 0 Å². The van der Waals surface area contributed by atoms with Crippen LogP contribution in [0, 0.1) is 6.92 Å². The third-order valence-electron chi connectivity index (χ3n) is 3.91. The number of hydrogen-bond donors (Lipinski definition) is 3. The van der Waals surface area contributed by atoms with Crippen molar-refractivity contribution in [3.63, 3.8) is 0 Å². The number of esters is 1. The minimum absolute atomic E-state index is 0.242. The Morgan fingerprint density at radius 1 is 1.20 bits per heavy atom. The van der Waals surface area contributed by atoms with Gasteiger partial charge in [0.2, 0.25) is 0 Å². The molecule has 132 valence electrons. The third kappa shape index (κ3) is 3.71. The summed E-state index contributed by atoms with van der Waals surface area (Å²) >= 11 is 0. The van der Waals surface area contributed by atoms with Crippen molar-refractivity contribution in [2.45, 2.75) is 20.3 Å². The first-order valence-electron chi connectivity index (χ1n) is 7.86. The second-order valence-corrected chi connectivity index (χ2v) is 5.44. The molecule has 1 heterocycles. The minimum Gasteiger partial charge on any atom is -0.465 e. The smallest absolute Gasteiger partial charge is 0.339 e. The van der Waals surface area contributed by atoms with Gasteiger partial charge in [-0.15, -0.1) is 0 Å². The molecule has 2 rings (SSSR count). The summed E-state index contributed by atoms with van der Waals surface area (Å²) in [6.45, 7) is 3.57. The van der Waals surface area contributed by atoms with E-state index in [0.29, 0.717) is 40.2 Å². The molecule has 0 fully saturated rings. The monoisotopic (exact) mass is 343 g/mol. The molecule has 2 aromatic rings. The number of rotatable bonds is 5. The SMILES string of the molecule is CCc1[nH]c(C(=O)Nc2cccc(C(=O)NC)c2)c(C)c1C(=O)OC. The number of anilines is 1. The molecule has 1 aromatic carbocycles. The number of ether oxygens (including phenoxy) is 1. The highest BCUT2D eigenvalue weighted by atomic mass is 16.5. The molecule has 0 unspecified atom stereocenters. The van der Waals surface area contributed by atoms with Gasteiger partial charge in [-0.2, -0.15) is 0 Å². The number of aryl methyl sites for hydroxylation is 1. The summed E-state index contributed by atoms with van der Waals surface area (Å²) in [7, 11) is 2.84. The first-order chi connectivity index (χ1) is 11.9. The number of methoxy groups -OCH3 is 1. The van der Waals surface area contributed by atoms with E-state index in [0.717, 1.165) is 0 Å². The summed E-state index contributed by atoms with van der Waals surface area (Å²) in [6, 6.07) is 6.60. The van der Waals surface area contributed by atoms with Crippen molar-refractivity contribution in [2.24, 2.45) is 0 Å². The summed E-state index contributed by atoms with van der Waals surface area (Å²) in [5.41, 5.74) is 2.78. The number of carbonyl (C=O) groups excluding carboxylic acids is 3. The average molecular weight is 343 g/mol. The third-order valence-corrected chi connectivity index (χ3v) is 3.91. The summed E-state index contributed by atoms with van der Waals surface area (Å²) in [4.78, 5) is 39.2. The molecule has 0 aliphatic heterocycles. The number of aromatic amines is 1. The van der Waals surface area contributed by atoms with Crippen LogP contribution in [-0.2, 0) is 11.2 Å². The van der Waals surface area contributed by atoms with E-state index in [2.05, 4.69) is 15.6 Å². The first kappa shape index (κ1) is 18.3. The van der Waals surface area contributed by atoms with Gasteiger partial charge in [0.05, 0.1) is 12.7 Å². The van der Waals surface area contributed by atoms with Crippen LogP contribution in [0.1, 0.15) is 49.4 Å². The van der Waals surface area contributed by atoms with E-state index in [1.54, 1.807) is 31.2 Å². The number of carbonyl (C=O) groups is 3. The Balaban J connectivity index is 2.32. The fraction of sp³-hybridized carbons (Fsp3) is 0.278. The van der Waals surface area contributed by atoms with E-state index >= 15 is 0 Å². The molecule has 0 spiro atoms. The quantitative estimate of drug-likeness (QED) is 0.725. The number of H-pyrrole nitrogens is 1. The van der Waals surface area contributed by atoms with E-state index in [1.807, 2.05) is 6.92 Å². The molecule has 0 atom stereocenters. The van der Waals surface area contributed by atoms with Crippen molar-refractivity contribution in [3.05, 3.63) is 52.3 Å². The van der Waals surface area contributed by atoms with Crippen molar-refractivity contribution >= 4 is 23.5 Å². The van der Waals surface area contributed by atoms with Crippen molar-refractivity contribution < 1.29 is 19.1 Å². The largest absolute Gasteiger partial charge is 0.465 e. The Labute approximate surface area is 145 Å². The predicted octanol–water partition coefficient (Wildman–Crippen LogP) is 2.28. The average Bonchev–Trinajstić information content (AvgIpc) is 2.97. The van der Waals surface area contributed by atoms with Gasteiger partial charge >= 0.3 is 5.97 Å². The van der Waals surface area contributed by atoms with Gasteiger partial charge in [0.15, 0.2) is 0 Å². The maximum absolute atomic E-state index is 12.6. The molecule has 0 saturated carbocycles. The Morgan fingerprint density at radius 3 is 2.52 bits per heavy atom. The van der Waals surface area contributed by atoms with Crippen LogP contribution < -0.4 is 10.6 Å². The highest BCUT2D eigenvalue weighted by Crippen LogP contribution is 2.21. The van der Waals surface area contributed by atoms with Gasteiger partial charge in [0.1, 0.15) is 5.69 Å². The highest BCUT2D eigenvalue weighted by Gasteiger charge is 2.23. The zero-order chi connectivity index (χ0) is 18.6. The van der Waals surface area contributed by atoms with Crippen molar-refractivity contribution in [1.82, 2.24) is 10.3 Å². The molecule has 0 aliphatic rings. The molecular weight excluding hydrogens is 322 g/mol. The normalized spacial score (nSPS) is 10.2. The van der Waals surface area contributed by atoms with Gasteiger partial charge in [-0.1, -0.05) is 13.0 Å². The second kappa shape index (κ2) is 7.65. The Kier molecular flexibility index (Phi) is 5.59. The Hall–Kier alpha value is -3.09. The minimum atomic E-state index is -0.480. The van der Waals surface area contributed by atoms with E-state index in [4.69, 9.17) is 4.74 Å². The van der Waals surface area contributed by atoms with E-state index < -0.39 is 11.9 Å². The van der Waals surface area contributed by atoms with E-state index in [9.17, 15) is 14.4 Å². The maximum atomic E-state index is 12.6. The summed E-state index contributed by atoms with van der Waals surface area (Å²) in [5, 5.41) is 5.27. The molecular formula is C18H21N3O4. The summed E-state index contributed by atoms with van der Waals surface area (Å²) in [6.07, 6.45) is 0.560. The molecule has 7 heteroatoms. The Morgan fingerprint density at radius 2 is 1.92 bits per heavy atom. The van der Waals surface area contributed by atoms with Crippen LogP contribution >= 0.6 is 0 Å². The van der Waals surface area contributed by atoms with Gasteiger partial charge in [-0.05, 0) is 37.1 Å². The lowest BCUT2D eigenvalue weighted by Gasteiger charge is -2.07. The number of nitrogens with one attached hydrogen (secondary N) is 3. The first-order valence-corrected chi connectivity index (χ1v) is 7.86. The number of hydrogen-bond acceptors (Lipinski definition) is 4. The lowest BCUT2D eigenvalue weighted by molar-refractivity contribution is 0.0598. The fourth-order valence-electron chi connectivity index (χ4n) is 2.61. The lowest BCUT2D eigenvalue weighted by Crippen LogP contribution is -2.18. The number of aromatic nitrogens is 1. The molecule has 3 N–H and O–H groups in total. The van der Waals surface area contributed by atoms with Crippen LogP contribution in [0.3, 0.4) is 0 Å². The summed E-state index contributed by atoms with van der Waals surface area (Å²) < 4.78 is 4.79. The van der Waals surface area contributed by atoms with Gasteiger partial charge in [-0.25, -0.2) is 4.79 Å². The summed E-state index contributed by atoms with van der Waals surface area (Å²) in [5.74, 6) is -1.11. The van der Waals surface area contributed by atoms with E-state index in [1.165, 1.54) is 14.2 Å². The zero-order valence-electron chi connectivity index (χ0n) is 14.6. The maximum Gasteiger partial charge on any atom is 0.339 e. The topological polar surface area (TPSA) is 100 Å². The van der Waals surface area contributed by atoms with Crippen molar-refractivity contribution in [1.29, 1.82) is 0 Å². The van der Waals surface area contributed by atoms with Gasteiger partial charge in [0.25, 0.3) is 11.8 Å². The highest BCUT2D eigenvalue weighted by molar-refractivity contribution is 6.07. The fourth-order valence-corrected chi connectivity index (χ4v) is 2.61. The van der Waals surface area contributed by atoms with Crippen LogP contribution in [0.15, 0.2) is 24.3 Å². The molecule has 0 saturated heterocycles. The van der Waals surface area contributed by atoms with Crippen LogP contribution in [0.2, 0.25) is 0 Å². The Bertz CT molecular complexity index is 824. The second-order valence-electron chi connectivity index (χ2n) is 5.44. The molecule has 1 aromatic heterocycles. The standard InChI is InChI=1S/C18H21N3O4/c1-5-13-14(18(24)25-4)10(2)15(21-13)17(23)20-12-8-6-7-11(9-12)16(22)19-3/h6-9,21H,5H2,1-4H3,(H,19,22)(H,20,23). The van der Waals surface area contributed by atoms with Crippen LogP contribution in [-0.4, -0.2) is 36.9 Å². The number of amides is 2. The van der Waals surface area contributed by atoms with Crippen molar-refractivity contribution in [2.75, 3.05) is 19.5 Å². The molecule has 0 bridgehead atoms. The molecule has 0 aliphatic carbocycles. The van der Waals surface area contributed by atoms with Crippen molar-refractivity contribution in [3.8, 4) is 0 Å². The zero-order valence-corrected chi connectivity index (χ0v) is 14.6. The van der Waals surface area contributed by atoms with Crippen LogP contribution in [0.25, 0.3) is 0 Å². The predicted molar refractivity (Wildman–Crippen MR) is 94.0 cm³/mol. The van der Waals surface area contributed by atoms with Crippen LogP contribution in [0.4, 0.5) is 5.69 Å². The van der Waals surface area contributed by atoms with Gasteiger partial charge in [-0.3, -0.25) is 9.59 Å². The molecule has 25 heavy (non-hydrogen) atoms. The molecule has 2 amide bonds. The van der Waals surface area contributed by atoms with Gasteiger partial charge in [0, 0.05) is 24.0 Å². The number of benzene rings is 1. The van der Waals surface area contributed by atoms with E-state index in [-0.39, 0.29) is 5.91 Å². The lowest BCUT2D eigenvalue weighted by atomic mass is 10.1. The molecule has 0 radical (unpaired) electrons. The molecule has 7 nitrogen and oxygen atoms in total.